The van der Waals surface area contributed by atoms with Crippen molar-refractivity contribution < 1.29 is 18.0 Å². The lowest BCUT2D eigenvalue weighted by molar-refractivity contribution is 0.0945. The van der Waals surface area contributed by atoms with Gasteiger partial charge in [0, 0.05) is 44.8 Å². The van der Waals surface area contributed by atoms with E-state index in [-0.39, 0.29) is 17.4 Å². The Hall–Kier alpha value is -3.10. The third-order valence-electron chi connectivity index (χ3n) is 5.31. The largest absolute Gasteiger partial charge is 0.447 e. The third kappa shape index (κ3) is 5.74. The van der Waals surface area contributed by atoms with E-state index in [9.17, 15) is 13.6 Å². The smallest absolute Gasteiger partial charge is 0.273 e. The van der Waals surface area contributed by atoms with Crippen LogP contribution in [0.5, 0.6) is 0 Å². The molecule has 162 valence electrons. The van der Waals surface area contributed by atoms with E-state index in [1.165, 1.54) is 12.3 Å². The number of benzene rings is 2. The standard InChI is InChI=1S/C23H24F2N4O2/c24-19-6-7-20(25)18(12-19)14-28-8-10-29(11-9-28)15-22-27-21(16-31-22)23(30)26-13-17-4-2-1-3-5-17/h1-7,12,16H,8-11,13-15H2,(H,26,30). The molecule has 1 fully saturated rings. The van der Waals surface area contributed by atoms with Crippen LogP contribution in [0.3, 0.4) is 0 Å². The minimum absolute atomic E-state index is 0.256. The summed E-state index contributed by atoms with van der Waals surface area (Å²) in [6.45, 7) is 4.23. The zero-order chi connectivity index (χ0) is 21.6. The van der Waals surface area contributed by atoms with Gasteiger partial charge in [-0.05, 0) is 23.8 Å². The normalized spacial score (nSPS) is 15.2. The first-order valence-electron chi connectivity index (χ1n) is 10.2. The summed E-state index contributed by atoms with van der Waals surface area (Å²) in [5.41, 5.74) is 1.63. The molecule has 8 heteroatoms. The number of hydrogen-bond acceptors (Lipinski definition) is 5. The van der Waals surface area contributed by atoms with E-state index in [1.54, 1.807) is 0 Å². The fraction of sp³-hybridized carbons (Fsp3) is 0.304. The second-order valence-electron chi connectivity index (χ2n) is 7.58. The SMILES string of the molecule is O=C(NCc1ccccc1)c1coc(CN2CCN(Cc3cc(F)ccc3F)CC2)n1. The van der Waals surface area contributed by atoms with Gasteiger partial charge in [0.1, 0.15) is 17.9 Å². The molecule has 1 aromatic heterocycles. The monoisotopic (exact) mass is 426 g/mol. The van der Waals surface area contributed by atoms with Crippen LogP contribution < -0.4 is 5.32 Å². The summed E-state index contributed by atoms with van der Waals surface area (Å²) < 4.78 is 32.7. The first kappa shape index (κ1) is 21.1. The first-order valence-corrected chi connectivity index (χ1v) is 10.2. The van der Waals surface area contributed by atoms with Gasteiger partial charge >= 0.3 is 0 Å². The van der Waals surface area contributed by atoms with Crippen LogP contribution in [-0.4, -0.2) is 46.9 Å². The first-order chi connectivity index (χ1) is 15.1. The summed E-state index contributed by atoms with van der Waals surface area (Å²) >= 11 is 0. The number of halogens is 2. The number of rotatable bonds is 7. The van der Waals surface area contributed by atoms with E-state index in [2.05, 4.69) is 20.1 Å². The minimum atomic E-state index is -0.428. The number of nitrogens with one attached hydrogen (secondary N) is 1. The highest BCUT2D eigenvalue weighted by atomic mass is 19.1. The van der Waals surface area contributed by atoms with Crippen LogP contribution in [-0.2, 0) is 19.6 Å². The van der Waals surface area contributed by atoms with Gasteiger partial charge in [0.25, 0.3) is 5.91 Å². The highest BCUT2D eigenvalue weighted by Gasteiger charge is 2.21. The van der Waals surface area contributed by atoms with E-state index in [0.717, 1.165) is 43.9 Å². The maximum atomic E-state index is 13.9. The lowest BCUT2D eigenvalue weighted by atomic mass is 10.1. The van der Waals surface area contributed by atoms with E-state index < -0.39 is 5.82 Å². The van der Waals surface area contributed by atoms with Crippen LogP contribution in [0.25, 0.3) is 0 Å². The predicted octanol–water partition coefficient (Wildman–Crippen LogP) is 3.20. The maximum absolute atomic E-state index is 13.9. The molecule has 1 aliphatic rings. The van der Waals surface area contributed by atoms with Crippen LogP contribution in [0.15, 0.2) is 59.2 Å². The molecular weight excluding hydrogens is 402 g/mol. The molecule has 0 aliphatic carbocycles. The highest BCUT2D eigenvalue weighted by molar-refractivity contribution is 5.91. The van der Waals surface area contributed by atoms with Crippen molar-refractivity contribution in [1.82, 2.24) is 20.1 Å². The van der Waals surface area contributed by atoms with Crippen LogP contribution in [0.4, 0.5) is 8.78 Å². The van der Waals surface area contributed by atoms with Crippen molar-refractivity contribution in [3.05, 3.63) is 89.1 Å². The van der Waals surface area contributed by atoms with Crippen molar-refractivity contribution in [2.24, 2.45) is 0 Å². The molecule has 2 heterocycles. The summed E-state index contributed by atoms with van der Waals surface area (Å²) in [6.07, 6.45) is 1.37. The van der Waals surface area contributed by atoms with Crippen LogP contribution >= 0.6 is 0 Å². The van der Waals surface area contributed by atoms with Gasteiger partial charge in [0.2, 0.25) is 5.89 Å². The number of carbonyl (C=O) groups excluding carboxylic acids is 1. The maximum Gasteiger partial charge on any atom is 0.273 e. The van der Waals surface area contributed by atoms with Crippen LogP contribution in [0.1, 0.15) is 27.5 Å². The Morgan fingerprint density at radius 3 is 2.45 bits per heavy atom. The molecule has 31 heavy (non-hydrogen) atoms. The molecule has 1 aliphatic heterocycles. The quantitative estimate of drug-likeness (QED) is 0.629. The molecule has 0 saturated carbocycles. The average molecular weight is 426 g/mol. The number of piperazine rings is 1. The van der Waals surface area contributed by atoms with Gasteiger partial charge in [0.05, 0.1) is 6.54 Å². The number of carbonyl (C=O) groups is 1. The predicted molar refractivity (Wildman–Crippen MR) is 111 cm³/mol. The summed E-state index contributed by atoms with van der Waals surface area (Å²) in [7, 11) is 0. The summed E-state index contributed by atoms with van der Waals surface area (Å²) in [5.74, 6) is -0.612. The van der Waals surface area contributed by atoms with Gasteiger partial charge in [-0.25, -0.2) is 13.8 Å². The molecule has 4 rings (SSSR count). The zero-order valence-electron chi connectivity index (χ0n) is 17.1. The Kier molecular flexibility index (Phi) is 6.69. The minimum Gasteiger partial charge on any atom is -0.447 e. The number of aromatic nitrogens is 1. The Morgan fingerprint density at radius 2 is 1.71 bits per heavy atom. The van der Waals surface area contributed by atoms with E-state index >= 15 is 0 Å². The molecule has 0 radical (unpaired) electrons. The molecule has 6 nitrogen and oxygen atoms in total. The van der Waals surface area contributed by atoms with Crippen LogP contribution in [0.2, 0.25) is 0 Å². The van der Waals surface area contributed by atoms with Crippen molar-refractivity contribution in [2.75, 3.05) is 26.2 Å². The fourth-order valence-corrected chi connectivity index (χ4v) is 3.56. The number of nitrogens with zero attached hydrogens (tertiary/aromatic N) is 3. The Bertz CT molecular complexity index is 1020. The Labute approximate surface area is 179 Å². The second kappa shape index (κ2) is 9.80. The van der Waals surface area contributed by atoms with E-state index in [1.807, 2.05) is 30.3 Å². The molecule has 2 aromatic carbocycles. The highest BCUT2D eigenvalue weighted by Crippen LogP contribution is 2.15. The second-order valence-corrected chi connectivity index (χ2v) is 7.58. The van der Waals surface area contributed by atoms with E-state index in [0.29, 0.717) is 31.1 Å². The number of amides is 1. The molecule has 1 N–H and O–H groups in total. The lowest BCUT2D eigenvalue weighted by Gasteiger charge is -2.34. The van der Waals surface area contributed by atoms with E-state index in [4.69, 9.17) is 4.42 Å². The summed E-state index contributed by atoms with van der Waals surface area (Å²) in [4.78, 5) is 20.8. The Balaban J connectivity index is 1.24. The Morgan fingerprint density at radius 1 is 1.00 bits per heavy atom. The summed E-state index contributed by atoms with van der Waals surface area (Å²) in [5, 5.41) is 2.83. The number of hydrogen-bond donors (Lipinski definition) is 1. The van der Waals surface area contributed by atoms with Gasteiger partial charge < -0.3 is 9.73 Å². The molecule has 0 atom stereocenters. The fourth-order valence-electron chi connectivity index (χ4n) is 3.56. The summed E-state index contributed by atoms with van der Waals surface area (Å²) in [6, 6.07) is 13.2. The zero-order valence-corrected chi connectivity index (χ0v) is 17.1. The van der Waals surface area contributed by atoms with Crippen molar-refractivity contribution in [3.8, 4) is 0 Å². The molecule has 0 bridgehead atoms. The van der Waals surface area contributed by atoms with Gasteiger partial charge in [-0.1, -0.05) is 30.3 Å². The van der Waals surface area contributed by atoms with Crippen molar-refractivity contribution in [3.63, 3.8) is 0 Å². The van der Waals surface area contributed by atoms with Gasteiger partial charge in [-0.3, -0.25) is 14.6 Å². The average Bonchev–Trinajstić information content (AvgIpc) is 3.25. The third-order valence-corrected chi connectivity index (χ3v) is 5.31. The molecule has 0 unspecified atom stereocenters. The lowest BCUT2D eigenvalue weighted by Crippen LogP contribution is -2.45. The van der Waals surface area contributed by atoms with Crippen molar-refractivity contribution in [1.29, 1.82) is 0 Å². The molecule has 3 aromatic rings. The molecule has 1 saturated heterocycles. The van der Waals surface area contributed by atoms with Crippen molar-refractivity contribution in [2.45, 2.75) is 19.6 Å². The topological polar surface area (TPSA) is 61.6 Å². The molecule has 1 amide bonds. The number of oxazole rings is 1. The van der Waals surface area contributed by atoms with Gasteiger partial charge in [-0.15, -0.1) is 0 Å². The van der Waals surface area contributed by atoms with Crippen LogP contribution in [0, 0.1) is 11.6 Å². The molecular formula is C23H24F2N4O2. The molecule has 0 spiro atoms. The van der Waals surface area contributed by atoms with Gasteiger partial charge in [0.15, 0.2) is 5.69 Å². The van der Waals surface area contributed by atoms with Crippen molar-refractivity contribution >= 4 is 5.91 Å². The van der Waals surface area contributed by atoms with Gasteiger partial charge in [-0.2, -0.15) is 0 Å².